The first-order valence-corrected chi connectivity index (χ1v) is 11.4. The number of hydrogen-bond donors (Lipinski definition) is 1. The molecule has 1 aromatic carbocycles. The summed E-state index contributed by atoms with van der Waals surface area (Å²) in [5.74, 6) is 0.876. The number of rotatable bonds is 7. The van der Waals surface area contributed by atoms with Crippen molar-refractivity contribution in [2.24, 2.45) is 0 Å². The molecule has 0 radical (unpaired) electrons. The number of hydrogen-bond acceptors (Lipinski definition) is 5. The fraction of sp³-hybridized carbons (Fsp3) is 0.316. The Balaban J connectivity index is 1.74. The molecule has 3 rings (SSSR count). The highest BCUT2D eigenvalue weighted by atomic mass is 35.5. The average Bonchev–Trinajstić information content (AvgIpc) is 3.20. The van der Waals surface area contributed by atoms with E-state index in [1.54, 1.807) is 29.5 Å². The van der Waals surface area contributed by atoms with Crippen LogP contribution < -0.4 is 5.32 Å². The van der Waals surface area contributed by atoms with Crippen molar-refractivity contribution in [2.75, 3.05) is 11.1 Å². The molecule has 0 aliphatic carbocycles. The summed E-state index contributed by atoms with van der Waals surface area (Å²) in [5, 5.41) is 15.3. The largest absolute Gasteiger partial charge is 0.324 e. The lowest BCUT2D eigenvalue weighted by molar-refractivity contribution is -0.113. The minimum atomic E-state index is -0.177. The van der Waals surface area contributed by atoms with Crippen molar-refractivity contribution in [1.82, 2.24) is 14.8 Å². The zero-order chi connectivity index (χ0) is 20.3. The number of carbonyl (C=O) groups excluding carboxylic acids is 1. The van der Waals surface area contributed by atoms with Crippen molar-refractivity contribution in [3.05, 3.63) is 44.1 Å². The fourth-order valence-electron chi connectivity index (χ4n) is 2.66. The third-order valence-corrected chi connectivity index (χ3v) is 6.77. The van der Waals surface area contributed by atoms with Crippen LogP contribution in [0.2, 0.25) is 10.0 Å². The molecule has 0 bridgehead atoms. The van der Waals surface area contributed by atoms with Crippen molar-refractivity contribution in [1.29, 1.82) is 0 Å². The second-order valence-electron chi connectivity index (χ2n) is 6.25. The minimum absolute atomic E-state index is 0.177. The van der Waals surface area contributed by atoms with Crippen molar-refractivity contribution in [3.8, 4) is 11.4 Å². The van der Waals surface area contributed by atoms with E-state index in [0.717, 1.165) is 29.5 Å². The summed E-state index contributed by atoms with van der Waals surface area (Å²) in [6.45, 7) is 7.10. The summed E-state index contributed by atoms with van der Waals surface area (Å²) in [4.78, 5) is 13.6. The molecule has 0 unspecified atom stereocenters. The number of nitrogens with one attached hydrogen (secondary N) is 1. The molecule has 0 saturated heterocycles. The lowest BCUT2D eigenvalue weighted by Crippen LogP contribution is -2.15. The van der Waals surface area contributed by atoms with Gasteiger partial charge in [-0.05, 0) is 44.0 Å². The highest BCUT2D eigenvalue weighted by molar-refractivity contribution is 7.99. The molecule has 0 spiro atoms. The van der Waals surface area contributed by atoms with Crippen LogP contribution in [-0.4, -0.2) is 26.4 Å². The molecule has 9 heteroatoms. The van der Waals surface area contributed by atoms with Gasteiger partial charge in [0.2, 0.25) is 5.91 Å². The topological polar surface area (TPSA) is 59.8 Å². The minimum Gasteiger partial charge on any atom is -0.324 e. The van der Waals surface area contributed by atoms with E-state index < -0.39 is 0 Å². The molecular formula is C19H20Cl2N4OS2. The van der Waals surface area contributed by atoms with Crippen LogP contribution in [0.4, 0.5) is 5.69 Å². The first kappa shape index (κ1) is 21.2. The van der Waals surface area contributed by atoms with Crippen LogP contribution in [0.3, 0.4) is 0 Å². The molecule has 0 aliphatic heterocycles. The molecule has 1 amide bonds. The van der Waals surface area contributed by atoms with Crippen molar-refractivity contribution < 1.29 is 4.79 Å². The summed E-state index contributed by atoms with van der Waals surface area (Å²) in [6.07, 6.45) is 0.949. The van der Waals surface area contributed by atoms with Crippen LogP contribution in [0, 0.1) is 13.8 Å². The maximum Gasteiger partial charge on any atom is 0.234 e. The molecule has 1 N–H and O–H groups in total. The molecule has 0 fully saturated rings. The Labute approximate surface area is 182 Å². The second-order valence-corrected chi connectivity index (χ2v) is 9.12. The van der Waals surface area contributed by atoms with E-state index >= 15 is 0 Å². The normalized spacial score (nSPS) is 11.0. The van der Waals surface area contributed by atoms with E-state index in [2.05, 4.69) is 46.2 Å². The quantitative estimate of drug-likeness (QED) is 0.439. The van der Waals surface area contributed by atoms with Gasteiger partial charge in [-0.2, -0.15) is 0 Å². The maximum absolute atomic E-state index is 12.4. The van der Waals surface area contributed by atoms with Crippen molar-refractivity contribution >= 4 is 57.9 Å². The summed E-state index contributed by atoms with van der Waals surface area (Å²) in [7, 11) is 0. The van der Waals surface area contributed by atoms with E-state index in [1.807, 2.05) is 0 Å². The number of nitrogens with zero attached hydrogens (tertiary/aromatic N) is 3. The molecule has 0 aliphatic rings. The first-order valence-electron chi connectivity index (χ1n) is 8.76. The zero-order valence-corrected chi connectivity index (χ0v) is 18.9. The van der Waals surface area contributed by atoms with E-state index in [4.69, 9.17) is 23.2 Å². The Morgan fingerprint density at radius 2 is 2.07 bits per heavy atom. The maximum atomic E-state index is 12.4. The third kappa shape index (κ3) is 4.71. The monoisotopic (exact) mass is 454 g/mol. The van der Waals surface area contributed by atoms with Gasteiger partial charge in [-0.15, -0.1) is 21.5 Å². The van der Waals surface area contributed by atoms with Gasteiger partial charge in [0.15, 0.2) is 11.0 Å². The van der Waals surface area contributed by atoms with Crippen LogP contribution in [0.25, 0.3) is 11.4 Å². The number of halogens is 2. The van der Waals surface area contributed by atoms with E-state index in [1.165, 1.54) is 22.2 Å². The molecule has 2 heterocycles. The smallest absolute Gasteiger partial charge is 0.234 e. The van der Waals surface area contributed by atoms with Gasteiger partial charge >= 0.3 is 0 Å². The predicted octanol–water partition coefficient (Wildman–Crippen LogP) is 6.07. The van der Waals surface area contributed by atoms with Gasteiger partial charge in [-0.25, -0.2) is 0 Å². The highest BCUT2D eigenvalue weighted by Gasteiger charge is 2.18. The van der Waals surface area contributed by atoms with Crippen molar-refractivity contribution in [2.45, 2.75) is 38.9 Å². The molecule has 3 aromatic rings. The van der Waals surface area contributed by atoms with Crippen LogP contribution >= 0.6 is 46.3 Å². The third-order valence-electron chi connectivity index (χ3n) is 4.23. The highest BCUT2D eigenvalue weighted by Crippen LogP contribution is 2.32. The molecule has 0 atom stereocenters. The SMILES string of the molecule is CCCn1c(SCC(=O)Nc2cc(Cl)ccc2Cl)nnc1-c1csc(C)c1C. The van der Waals surface area contributed by atoms with Crippen LogP contribution in [-0.2, 0) is 11.3 Å². The summed E-state index contributed by atoms with van der Waals surface area (Å²) in [6, 6.07) is 4.96. The number of aryl methyl sites for hydroxylation is 1. The van der Waals surface area contributed by atoms with Gasteiger partial charge in [-0.1, -0.05) is 41.9 Å². The Hall–Kier alpha value is -1.54. The summed E-state index contributed by atoms with van der Waals surface area (Å²) < 4.78 is 2.08. The molecule has 28 heavy (non-hydrogen) atoms. The van der Waals surface area contributed by atoms with Crippen LogP contribution in [0.5, 0.6) is 0 Å². The Morgan fingerprint density at radius 3 is 2.75 bits per heavy atom. The fourth-order valence-corrected chi connectivity index (χ4v) is 4.63. The van der Waals surface area contributed by atoms with Crippen molar-refractivity contribution in [3.63, 3.8) is 0 Å². The predicted molar refractivity (Wildman–Crippen MR) is 119 cm³/mol. The summed E-state index contributed by atoms with van der Waals surface area (Å²) >= 11 is 15.1. The van der Waals surface area contributed by atoms with E-state index in [-0.39, 0.29) is 11.7 Å². The standard InChI is InChI=1S/C19H20Cl2N4OS2/c1-4-7-25-18(14-9-27-12(3)11(14)2)23-24-19(25)28-10-17(26)22-16-8-13(20)5-6-15(16)21/h5-6,8-9H,4,7,10H2,1-3H3,(H,22,26). The summed E-state index contributed by atoms with van der Waals surface area (Å²) in [5.41, 5.74) is 2.82. The molecular weight excluding hydrogens is 435 g/mol. The van der Waals surface area contributed by atoms with Gasteiger partial charge in [0.05, 0.1) is 16.5 Å². The average molecular weight is 455 g/mol. The van der Waals surface area contributed by atoms with Gasteiger partial charge in [0.25, 0.3) is 0 Å². The van der Waals surface area contributed by atoms with Gasteiger partial charge in [0, 0.05) is 27.4 Å². The molecule has 148 valence electrons. The van der Waals surface area contributed by atoms with Crippen LogP contribution in [0.15, 0.2) is 28.7 Å². The number of anilines is 1. The lowest BCUT2D eigenvalue weighted by atomic mass is 10.1. The van der Waals surface area contributed by atoms with Gasteiger partial charge in [-0.3, -0.25) is 4.79 Å². The first-order chi connectivity index (χ1) is 13.4. The number of amides is 1. The number of thiophene rings is 1. The van der Waals surface area contributed by atoms with Crippen LogP contribution in [0.1, 0.15) is 23.8 Å². The number of aromatic nitrogens is 3. The van der Waals surface area contributed by atoms with Gasteiger partial charge in [0.1, 0.15) is 0 Å². The zero-order valence-electron chi connectivity index (χ0n) is 15.8. The Kier molecular flexibility index (Phi) is 7.04. The Morgan fingerprint density at radius 1 is 1.29 bits per heavy atom. The lowest BCUT2D eigenvalue weighted by Gasteiger charge is -2.10. The molecule has 5 nitrogen and oxygen atoms in total. The van der Waals surface area contributed by atoms with E-state index in [9.17, 15) is 4.79 Å². The number of benzene rings is 1. The Bertz CT molecular complexity index is 1000. The molecule has 0 saturated carbocycles. The van der Waals surface area contributed by atoms with Gasteiger partial charge < -0.3 is 9.88 Å². The molecule has 2 aromatic heterocycles. The van der Waals surface area contributed by atoms with E-state index in [0.29, 0.717) is 15.7 Å². The number of thioether (sulfide) groups is 1. The second kappa shape index (κ2) is 9.31. The number of carbonyl (C=O) groups is 1.